The molecule has 1 aromatic heterocycles. The molecule has 0 bridgehead atoms. The zero-order valence-electron chi connectivity index (χ0n) is 7.66. The van der Waals surface area contributed by atoms with E-state index < -0.39 is 0 Å². The molecule has 1 heterocycles. The van der Waals surface area contributed by atoms with Gasteiger partial charge in [0.1, 0.15) is 0 Å². The van der Waals surface area contributed by atoms with Gasteiger partial charge in [-0.3, -0.25) is 4.68 Å². The van der Waals surface area contributed by atoms with E-state index in [0.717, 1.165) is 13.2 Å². The first-order valence-electron chi connectivity index (χ1n) is 4.18. The number of ether oxygens (including phenoxy) is 1. The lowest BCUT2D eigenvalue weighted by Crippen LogP contribution is -2.22. The largest absolute Gasteiger partial charge is 0.384 e. The molecule has 0 aliphatic heterocycles. The molecule has 1 N–H and O–H groups in total. The van der Waals surface area contributed by atoms with Gasteiger partial charge in [-0.15, -0.1) is 0 Å². The van der Waals surface area contributed by atoms with E-state index in [4.69, 9.17) is 4.74 Å². The molecule has 1 unspecified atom stereocenters. The maximum Gasteiger partial charge on any atom is 0.0505 e. The Bertz CT molecular complexity index is 196. The number of hydrogen-bond donors (Lipinski definition) is 1. The van der Waals surface area contributed by atoms with Crippen LogP contribution in [-0.4, -0.2) is 24.9 Å². The van der Waals surface area contributed by atoms with E-state index in [-0.39, 0.29) is 0 Å². The molecular formula is C9H16N2O. The van der Waals surface area contributed by atoms with Crippen molar-refractivity contribution in [3.05, 3.63) is 24.5 Å². The molecule has 0 amide bonds. The summed E-state index contributed by atoms with van der Waals surface area (Å²) in [6.45, 7) is 3.89. The third-order valence-electron chi connectivity index (χ3n) is 1.68. The Kier molecular flexibility index (Phi) is 3.67. The quantitative estimate of drug-likeness (QED) is 0.717. The van der Waals surface area contributed by atoms with Crippen LogP contribution in [0.1, 0.15) is 6.92 Å². The highest BCUT2D eigenvalue weighted by Crippen LogP contribution is 1.94. The normalized spacial score (nSPS) is 12.8. The molecule has 0 spiro atoms. The first-order valence-corrected chi connectivity index (χ1v) is 4.18. The number of methoxy groups -OCH3 is 1. The average Bonchev–Trinajstić information content (AvgIpc) is 2.53. The molecule has 0 radical (unpaired) electrons. The lowest BCUT2D eigenvalue weighted by molar-refractivity contribution is 0.163. The van der Waals surface area contributed by atoms with Crippen LogP contribution in [0.2, 0.25) is 0 Å². The van der Waals surface area contributed by atoms with Crippen molar-refractivity contribution in [2.45, 2.75) is 6.92 Å². The highest BCUT2D eigenvalue weighted by Gasteiger charge is 1.99. The molecule has 3 nitrogen and oxygen atoms in total. The molecule has 1 aromatic rings. The molecule has 0 aromatic carbocycles. The summed E-state index contributed by atoms with van der Waals surface area (Å²) in [5.41, 5.74) is 3.25. The second-order valence-corrected chi connectivity index (χ2v) is 3.01. The van der Waals surface area contributed by atoms with Crippen molar-refractivity contribution >= 4 is 0 Å². The number of rotatable bonds is 5. The van der Waals surface area contributed by atoms with Crippen molar-refractivity contribution in [3.8, 4) is 0 Å². The highest BCUT2D eigenvalue weighted by atomic mass is 16.5. The summed E-state index contributed by atoms with van der Waals surface area (Å²) < 4.78 is 6.97. The van der Waals surface area contributed by atoms with Crippen LogP contribution in [0.3, 0.4) is 0 Å². The summed E-state index contributed by atoms with van der Waals surface area (Å²) in [7, 11) is 1.73. The molecule has 68 valence electrons. The molecule has 12 heavy (non-hydrogen) atoms. The second kappa shape index (κ2) is 4.83. The Morgan fingerprint density at radius 1 is 1.42 bits per heavy atom. The van der Waals surface area contributed by atoms with Crippen molar-refractivity contribution in [2.75, 3.05) is 25.7 Å². The number of hydrogen-bond acceptors (Lipinski definition) is 2. The summed E-state index contributed by atoms with van der Waals surface area (Å²) in [6.07, 6.45) is 3.97. The van der Waals surface area contributed by atoms with Crippen LogP contribution in [0.4, 0.5) is 0 Å². The molecule has 1 atom stereocenters. The first kappa shape index (κ1) is 9.13. The van der Waals surface area contributed by atoms with Gasteiger partial charge < -0.3 is 10.2 Å². The number of nitrogens with zero attached hydrogens (tertiary/aromatic N) is 1. The van der Waals surface area contributed by atoms with Crippen LogP contribution in [0.5, 0.6) is 0 Å². The fourth-order valence-electron chi connectivity index (χ4n) is 1.04. The molecular weight excluding hydrogens is 152 g/mol. The molecule has 0 aliphatic carbocycles. The standard InChI is InChI=1S/C9H16N2O/c1-9(8-12-2)7-10-11-5-3-4-6-11/h3-6,9-10H,7-8H2,1-2H3. The third-order valence-corrected chi connectivity index (χ3v) is 1.68. The summed E-state index contributed by atoms with van der Waals surface area (Å²) in [5.74, 6) is 0.539. The Labute approximate surface area is 73.3 Å². The van der Waals surface area contributed by atoms with Crippen LogP contribution >= 0.6 is 0 Å². The van der Waals surface area contributed by atoms with Gasteiger partial charge in [-0.2, -0.15) is 0 Å². The lowest BCUT2D eigenvalue weighted by Gasteiger charge is -2.12. The van der Waals surface area contributed by atoms with Gasteiger partial charge in [0.15, 0.2) is 0 Å². The average molecular weight is 168 g/mol. The summed E-state index contributed by atoms with van der Waals surface area (Å²) in [5, 5.41) is 0. The van der Waals surface area contributed by atoms with Gasteiger partial charge in [-0.05, 0) is 18.1 Å². The van der Waals surface area contributed by atoms with Crippen molar-refractivity contribution in [2.24, 2.45) is 5.92 Å². The van der Waals surface area contributed by atoms with Crippen LogP contribution in [-0.2, 0) is 4.74 Å². The van der Waals surface area contributed by atoms with Gasteiger partial charge >= 0.3 is 0 Å². The van der Waals surface area contributed by atoms with Gasteiger partial charge in [0.25, 0.3) is 0 Å². The summed E-state index contributed by atoms with van der Waals surface area (Å²) >= 11 is 0. The van der Waals surface area contributed by atoms with E-state index in [2.05, 4.69) is 12.3 Å². The molecule has 0 aliphatic rings. The Morgan fingerprint density at radius 3 is 2.67 bits per heavy atom. The highest BCUT2D eigenvalue weighted by molar-refractivity contribution is 4.93. The minimum atomic E-state index is 0.539. The monoisotopic (exact) mass is 168 g/mol. The molecule has 0 saturated carbocycles. The SMILES string of the molecule is COCC(C)CNn1cccc1. The van der Waals surface area contributed by atoms with Crippen molar-refractivity contribution in [3.63, 3.8) is 0 Å². The fourth-order valence-corrected chi connectivity index (χ4v) is 1.04. The Hall–Kier alpha value is -0.960. The van der Waals surface area contributed by atoms with Gasteiger partial charge in [0, 0.05) is 26.0 Å². The van der Waals surface area contributed by atoms with Crippen molar-refractivity contribution in [1.29, 1.82) is 0 Å². The van der Waals surface area contributed by atoms with Crippen LogP contribution < -0.4 is 5.43 Å². The second-order valence-electron chi connectivity index (χ2n) is 3.01. The van der Waals surface area contributed by atoms with Crippen molar-refractivity contribution in [1.82, 2.24) is 4.68 Å². The fraction of sp³-hybridized carbons (Fsp3) is 0.556. The Morgan fingerprint density at radius 2 is 2.08 bits per heavy atom. The smallest absolute Gasteiger partial charge is 0.0505 e. The van der Waals surface area contributed by atoms with Crippen molar-refractivity contribution < 1.29 is 4.74 Å². The van der Waals surface area contributed by atoms with E-state index in [1.54, 1.807) is 7.11 Å². The van der Waals surface area contributed by atoms with Crippen LogP contribution in [0.15, 0.2) is 24.5 Å². The zero-order valence-corrected chi connectivity index (χ0v) is 7.66. The first-order chi connectivity index (χ1) is 5.83. The minimum absolute atomic E-state index is 0.539. The van der Waals surface area contributed by atoms with E-state index in [9.17, 15) is 0 Å². The van der Waals surface area contributed by atoms with Gasteiger partial charge in [0.2, 0.25) is 0 Å². The lowest BCUT2D eigenvalue weighted by atomic mass is 10.2. The molecule has 0 saturated heterocycles. The Balaban J connectivity index is 2.17. The van der Waals surface area contributed by atoms with E-state index in [1.165, 1.54) is 0 Å². The maximum atomic E-state index is 5.02. The predicted molar refractivity (Wildman–Crippen MR) is 49.7 cm³/mol. The zero-order chi connectivity index (χ0) is 8.81. The molecule has 3 heteroatoms. The minimum Gasteiger partial charge on any atom is -0.384 e. The predicted octanol–water partition coefficient (Wildman–Crippen LogP) is 1.31. The van der Waals surface area contributed by atoms with E-state index >= 15 is 0 Å². The van der Waals surface area contributed by atoms with Crippen LogP contribution in [0.25, 0.3) is 0 Å². The van der Waals surface area contributed by atoms with Gasteiger partial charge in [-0.25, -0.2) is 0 Å². The van der Waals surface area contributed by atoms with Gasteiger partial charge in [-0.1, -0.05) is 6.92 Å². The van der Waals surface area contributed by atoms with Gasteiger partial charge in [0.05, 0.1) is 6.61 Å². The summed E-state index contributed by atoms with van der Waals surface area (Å²) in [6, 6.07) is 3.99. The molecule has 0 fully saturated rings. The summed E-state index contributed by atoms with van der Waals surface area (Å²) in [4.78, 5) is 0. The molecule has 1 rings (SSSR count). The van der Waals surface area contributed by atoms with E-state index in [1.807, 2.05) is 29.2 Å². The van der Waals surface area contributed by atoms with Crippen LogP contribution in [0, 0.1) is 5.92 Å². The number of nitrogens with one attached hydrogen (secondary N) is 1. The topological polar surface area (TPSA) is 26.2 Å². The number of aromatic nitrogens is 1. The maximum absolute atomic E-state index is 5.02. The third kappa shape index (κ3) is 2.96. The van der Waals surface area contributed by atoms with E-state index in [0.29, 0.717) is 5.92 Å².